The monoisotopic (exact) mass is 232 g/mol. The number of esters is 1. The molecule has 0 amide bonds. The standard InChI is InChI=1S/C12H24O4/c1-15-11(10-13)8-6-4-3-5-7-9-12(14)16-2/h11,13H,3-10H2,1-2H3. The van der Waals surface area contributed by atoms with Crippen LogP contribution in [0.3, 0.4) is 0 Å². The van der Waals surface area contributed by atoms with Crippen molar-refractivity contribution in [3.05, 3.63) is 0 Å². The molecular formula is C12H24O4. The molecule has 1 atom stereocenters. The van der Waals surface area contributed by atoms with Gasteiger partial charge in [-0.2, -0.15) is 0 Å². The highest BCUT2D eigenvalue weighted by atomic mass is 16.5. The average molecular weight is 232 g/mol. The molecule has 0 aromatic heterocycles. The van der Waals surface area contributed by atoms with Gasteiger partial charge in [-0.1, -0.05) is 25.7 Å². The fourth-order valence-corrected chi connectivity index (χ4v) is 1.56. The molecule has 0 radical (unpaired) electrons. The van der Waals surface area contributed by atoms with Gasteiger partial charge in [0.1, 0.15) is 0 Å². The first-order chi connectivity index (χ1) is 7.74. The Labute approximate surface area is 97.9 Å². The predicted octanol–water partition coefficient (Wildman–Crippen LogP) is 1.90. The van der Waals surface area contributed by atoms with Crippen molar-refractivity contribution in [1.29, 1.82) is 0 Å². The van der Waals surface area contributed by atoms with E-state index in [1.165, 1.54) is 7.11 Å². The smallest absolute Gasteiger partial charge is 0.305 e. The fraction of sp³-hybridized carbons (Fsp3) is 0.917. The van der Waals surface area contributed by atoms with Gasteiger partial charge in [-0.25, -0.2) is 0 Å². The summed E-state index contributed by atoms with van der Waals surface area (Å²) >= 11 is 0. The van der Waals surface area contributed by atoms with Crippen LogP contribution in [0.2, 0.25) is 0 Å². The Morgan fingerprint density at radius 3 is 2.31 bits per heavy atom. The molecule has 0 aliphatic carbocycles. The number of hydrogen-bond donors (Lipinski definition) is 1. The van der Waals surface area contributed by atoms with Gasteiger partial charge in [0.05, 0.1) is 19.8 Å². The number of aliphatic hydroxyl groups excluding tert-OH is 1. The van der Waals surface area contributed by atoms with Crippen molar-refractivity contribution in [3.63, 3.8) is 0 Å². The van der Waals surface area contributed by atoms with E-state index >= 15 is 0 Å². The lowest BCUT2D eigenvalue weighted by Crippen LogP contribution is -2.14. The van der Waals surface area contributed by atoms with Crippen molar-refractivity contribution >= 4 is 5.97 Å². The molecule has 96 valence electrons. The van der Waals surface area contributed by atoms with Crippen molar-refractivity contribution in [1.82, 2.24) is 0 Å². The van der Waals surface area contributed by atoms with Gasteiger partial charge in [-0.05, 0) is 12.8 Å². The third kappa shape index (κ3) is 8.68. The topological polar surface area (TPSA) is 55.8 Å². The van der Waals surface area contributed by atoms with E-state index in [1.54, 1.807) is 7.11 Å². The SMILES string of the molecule is COC(=O)CCCCCCCC(CO)OC. The normalized spacial score (nSPS) is 12.4. The molecule has 1 N–H and O–H groups in total. The fourth-order valence-electron chi connectivity index (χ4n) is 1.56. The van der Waals surface area contributed by atoms with E-state index in [9.17, 15) is 4.79 Å². The lowest BCUT2D eigenvalue weighted by Gasteiger charge is -2.11. The van der Waals surface area contributed by atoms with Gasteiger partial charge in [0.25, 0.3) is 0 Å². The molecule has 0 heterocycles. The Morgan fingerprint density at radius 1 is 1.12 bits per heavy atom. The Morgan fingerprint density at radius 2 is 1.75 bits per heavy atom. The molecule has 0 saturated heterocycles. The van der Waals surface area contributed by atoms with Crippen LogP contribution < -0.4 is 0 Å². The van der Waals surface area contributed by atoms with Crippen molar-refractivity contribution in [2.75, 3.05) is 20.8 Å². The Kier molecular flexibility index (Phi) is 10.5. The largest absolute Gasteiger partial charge is 0.469 e. The maximum absolute atomic E-state index is 10.8. The van der Waals surface area contributed by atoms with Crippen LogP contribution in [-0.2, 0) is 14.3 Å². The highest BCUT2D eigenvalue weighted by Crippen LogP contribution is 2.10. The Balaban J connectivity index is 3.18. The van der Waals surface area contributed by atoms with E-state index in [0.717, 1.165) is 38.5 Å². The summed E-state index contributed by atoms with van der Waals surface area (Å²) in [6.07, 6.45) is 6.69. The highest BCUT2D eigenvalue weighted by Gasteiger charge is 2.04. The minimum atomic E-state index is -0.125. The van der Waals surface area contributed by atoms with E-state index in [-0.39, 0.29) is 18.7 Å². The lowest BCUT2D eigenvalue weighted by molar-refractivity contribution is -0.140. The van der Waals surface area contributed by atoms with Crippen LogP contribution in [-0.4, -0.2) is 38.0 Å². The van der Waals surface area contributed by atoms with Gasteiger partial charge in [0.2, 0.25) is 0 Å². The summed E-state index contributed by atoms with van der Waals surface area (Å²) in [4.78, 5) is 10.8. The second-order valence-corrected chi connectivity index (χ2v) is 3.92. The van der Waals surface area contributed by atoms with Gasteiger partial charge in [0, 0.05) is 13.5 Å². The van der Waals surface area contributed by atoms with Crippen LogP contribution in [0.25, 0.3) is 0 Å². The zero-order valence-electron chi connectivity index (χ0n) is 10.4. The average Bonchev–Trinajstić information content (AvgIpc) is 2.32. The molecule has 0 aromatic carbocycles. The Bertz CT molecular complexity index is 166. The van der Waals surface area contributed by atoms with Crippen molar-refractivity contribution < 1.29 is 19.4 Å². The highest BCUT2D eigenvalue weighted by molar-refractivity contribution is 5.68. The molecule has 16 heavy (non-hydrogen) atoms. The van der Waals surface area contributed by atoms with E-state index in [1.807, 2.05) is 0 Å². The number of unbranched alkanes of at least 4 members (excludes halogenated alkanes) is 4. The van der Waals surface area contributed by atoms with Crippen LogP contribution >= 0.6 is 0 Å². The summed E-state index contributed by atoms with van der Waals surface area (Å²) in [6.45, 7) is 0.0961. The second kappa shape index (κ2) is 10.9. The van der Waals surface area contributed by atoms with Crippen LogP contribution in [0.5, 0.6) is 0 Å². The predicted molar refractivity (Wildman–Crippen MR) is 62.2 cm³/mol. The van der Waals surface area contributed by atoms with Crippen molar-refractivity contribution in [2.24, 2.45) is 0 Å². The molecule has 0 rings (SSSR count). The number of ether oxygens (including phenoxy) is 2. The molecule has 4 heteroatoms. The maximum atomic E-state index is 10.8. The zero-order chi connectivity index (χ0) is 12.2. The second-order valence-electron chi connectivity index (χ2n) is 3.92. The summed E-state index contributed by atoms with van der Waals surface area (Å²) in [7, 11) is 3.04. The summed E-state index contributed by atoms with van der Waals surface area (Å²) in [5.74, 6) is -0.125. The van der Waals surface area contributed by atoms with Gasteiger partial charge < -0.3 is 14.6 Å². The molecule has 1 unspecified atom stereocenters. The molecular weight excluding hydrogens is 208 g/mol. The lowest BCUT2D eigenvalue weighted by atomic mass is 10.1. The van der Waals surface area contributed by atoms with E-state index < -0.39 is 0 Å². The first kappa shape index (κ1) is 15.4. The molecule has 0 aliphatic rings. The third-order valence-corrected chi connectivity index (χ3v) is 2.67. The molecule has 0 saturated carbocycles. The number of aliphatic hydroxyl groups is 1. The zero-order valence-corrected chi connectivity index (χ0v) is 10.4. The number of carbonyl (C=O) groups is 1. The minimum absolute atomic E-state index is 0.0185. The summed E-state index contributed by atoms with van der Waals surface area (Å²) in [5.41, 5.74) is 0. The summed E-state index contributed by atoms with van der Waals surface area (Å²) in [6, 6.07) is 0. The quantitative estimate of drug-likeness (QED) is 0.461. The molecule has 0 fully saturated rings. The van der Waals surface area contributed by atoms with E-state index in [2.05, 4.69) is 4.74 Å². The van der Waals surface area contributed by atoms with Gasteiger partial charge in [-0.3, -0.25) is 4.79 Å². The van der Waals surface area contributed by atoms with Crippen molar-refractivity contribution in [2.45, 2.75) is 51.0 Å². The van der Waals surface area contributed by atoms with Crippen LogP contribution in [0.4, 0.5) is 0 Å². The van der Waals surface area contributed by atoms with Crippen LogP contribution in [0.15, 0.2) is 0 Å². The molecule has 4 nitrogen and oxygen atoms in total. The van der Waals surface area contributed by atoms with E-state index in [4.69, 9.17) is 9.84 Å². The molecule has 0 bridgehead atoms. The molecule has 0 spiro atoms. The maximum Gasteiger partial charge on any atom is 0.305 e. The molecule has 0 aliphatic heterocycles. The van der Waals surface area contributed by atoms with Crippen LogP contribution in [0, 0.1) is 0 Å². The van der Waals surface area contributed by atoms with Crippen LogP contribution in [0.1, 0.15) is 44.9 Å². The minimum Gasteiger partial charge on any atom is -0.469 e. The first-order valence-electron chi connectivity index (χ1n) is 5.95. The molecule has 0 aromatic rings. The number of carbonyl (C=O) groups excluding carboxylic acids is 1. The van der Waals surface area contributed by atoms with E-state index in [0.29, 0.717) is 6.42 Å². The van der Waals surface area contributed by atoms with Gasteiger partial charge in [0.15, 0.2) is 0 Å². The first-order valence-corrected chi connectivity index (χ1v) is 5.95. The number of rotatable bonds is 10. The number of methoxy groups -OCH3 is 2. The van der Waals surface area contributed by atoms with Gasteiger partial charge >= 0.3 is 5.97 Å². The third-order valence-electron chi connectivity index (χ3n) is 2.67. The van der Waals surface area contributed by atoms with Crippen molar-refractivity contribution in [3.8, 4) is 0 Å². The van der Waals surface area contributed by atoms with Gasteiger partial charge in [-0.15, -0.1) is 0 Å². The number of hydrogen-bond acceptors (Lipinski definition) is 4. The summed E-state index contributed by atoms with van der Waals surface area (Å²) < 4.78 is 9.62. The Hall–Kier alpha value is -0.610. The summed E-state index contributed by atoms with van der Waals surface area (Å²) in [5, 5.41) is 8.88.